The van der Waals surface area contributed by atoms with Gasteiger partial charge in [0.05, 0.1) is 0 Å². The molecule has 0 nitrogen and oxygen atoms in total. The van der Waals surface area contributed by atoms with Gasteiger partial charge in [0.2, 0.25) is 0 Å². The molecule has 0 heterocycles. The third-order valence-electron chi connectivity index (χ3n) is 4.84. The van der Waals surface area contributed by atoms with Gasteiger partial charge in [0.15, 0.2) is 0 Å². The first kappa shape index (κ1) is 39.8. The zero-order valence-corrected chi connectivity index (χ0v) is 30.0. The number of unbranched alkanes of at least 4 members (excludes halogenated alkanes) is 1. The standard InChI is InChI=1S/2C10H9.C6H5.C4H8Cl3Si.2ClH.Si.Zr/c2*1-8-6-9-4-2-3-5-10(9)7-8;1-2-4-6-5-3-1;1-2-3-4-8(5,6)7;;;;/h2*2-7H,1H3;1-5H;1-4H2;2*1H;;/q4*-1;;;;. The van der Waals surface area contributed by atoms with Crippen LogP contribution in [0.2, 0.25) is 6.04 Å². The summed E-state index contributed by atoms with van der Waals surface area (Å²) in [7, 11) is 0. The molecule has 5 aromatic rings. The first-order valence-electron chi connectivity index (χ1n) is 11.5. The second kappa shape index (κ2) is 23.4. The second-order valence-electron chi connectivity index (χ2n) is 7.97. The smallest absolute Gasteiger partial charge is 0.171 e. The van der Waals surface area contributed by atoms with E-state index in [4.69, 9.17) is 33.2 Å². The minimum Gasteiger partial charge on any atom is -0.184 e. The molecule has 0 aliphatic heterocycles. The van der Waals surface area contributed by atoms with E-state index in [2.05, 4.69) is 107 Å². The molecule has 0 aromatic heterocycles. The van der Waals surface area contributed by atoms with E-state index in [1.165, 1.54) is 56.0 Å². The van der Waals surface area contributed by atoms with Crippen molar-refractivity contribution in [3.05, 3.63) is 127 Å². The zero-order valence-electron chi connectivity index (χ0n) is 21.6. The molecule has 0 unspecified atom stereocenters. The van der Waals surface area contributed by atoms with Gasteiger partial charge < -0.3 is 6.92 Å². The van der Waals surface area contributed by atoms with Crippen LogP contribution in [0.15, 0.2) is 103 Å². The van der Waals surface area contributed by atoms with Crippen LogP contribution in [-0.4, -0.2) is 12.9 Å². The topological polar surface area (TPSA) is 0 Å². The van der Waals surface area contributed by atoms with E-state index < -0.39 is 6.00 Å². The van der Waals surface area contributed by atoms with Crippen molar-refractivity contribution in [3.63, 3.8) is 0 Å². The summed E-state index contributed by atoms with van der Waals surface area (Å²) in [6, 6.07) is 36.6. The molecule has 0 atom stereocenters. The summed E-state index contributed by atoms with van der Waals surface area (Å²) in [4.78, 5) is 0. The third kappa shape index (κ3) is 18.1. The van der Waals surface area contributed by atoms with Crippen molar-refractivity contribution in [3.8, 4) is 0 Å². The zero-order chi connectivity index (χ0) is 26.8. The van der Waals surface area contributed by atoms with Gasteiger partial charge in [-0.1, -0.05) is 32.4 Å². The van der Waals surface area contributed by atoms with Crippen LogP contribution in [0.5, 0.6) is 0 Å². The minimum absolute atomic E-state index is 0. The van der Waals surface area contributed by atoms with Gasteiger partial charge in [-0.05, 0) is 6.04 Å². The molecule has 8 heteroatoms. The van der Waals surface area contributed by atoms with E-state index >= 15 is 0 Å². The predicted octanol–water partition coefficient (Wildman–Crippen LogP) is 10.9. The Balaban J connectivity index is 0. The summed E-state index contributed by atoms with van der Waals surface area (Å²) in [5, 5.41) is 5.39. The molecule has 0 fully saturated rings. The van der Waals surface area contributed by atoms with Crippen LogP contribution in [0.3, 0.4) is 0 Å². The normalized spacial score (nSPS) is 9.39. The number of hydrogen-bond acceptors (Lipinski definition) is 0. The van der Waals surface area contributed by atoms with Crippen LogP contribution in [0, 0.1) is 26.8 Å². The fourth-order valence-corrected chi connectivity index (χ4v) is 5.13. The summed E-state index contributed by atoms with van der Waals surface area (Å²) in [5.41, 5.74) is 2.70. The largest absolute Gasteiger partial charge is 0.184 e. The summed E-state index contributed by atoms with van der Waals surface area (Å²) in [6.07, 6.45) is 1.80. The summed E-state index contributed by atoms with van der Waals surface area (Å²) < 4.78 is 0. The molecular weight excluding hydrogens is 685 g/mol. The van der Waals surface area contributed by atoms with E-state index in [-0.39, 0.29) is 24.8 Å². The van der Waals surface area contributed by atoms with E-state index in [0.29, 0.717) is 0 Å². The monoisotopic (exact) mass is 714 g/mol. The van der Waals surface area contributed by atoms with Gasteiger partial charge in [0.1, 0.15) is 0 Å². The Kier molecular flexibility index (Phi) is 24.5. The maximum Gasteiger partial charge on any atom is -0.171 e. The quantitative estimate of drug-likeness (QED) is 0.0990. The van der Waals surface area contributed by atoms with Crippen LogP contribution in [-0.2, 0) is 23.3 Å². The van der Waals surface area contributed by atoms with Gasteiger partial charge >= 0.3 is 36.2 Å². The average molecular weight is 718 g/mol. The molecule has 5 rings (SSSR count). The van der Waals surface area contributed by atoms with Gasteiger partial charge in [0.25, 0.3) is 0 Å². The van der Waals surface area contributed by atoms with E-state index in [1.807, 2.05) is 30.3 Å². The van der Waals surface area contributed by atoms with Crippen molar-refractivity contribution < 1.29 is 23.3 Å². The summed E-state index contributed by atoms with van der Waals surface area (Å²) >= 11 is 18.0. The van der Waals surface area contributed by atoms with Crippen LogP contribution < -0.4 is 0 Å². The van der Waals surface area contributed by atoms with Gasteiger partial charge in [0, 0.05) is 0 Å². The maximum atomic E-state index is 5.55. The van der Waals surface area contributed by atoms with E-state index in [1.54, 1.807) is 0 Å². The molecule has 2 radical (unpaired) electrons. The molecular formula is C30H33Cl5Si2Zr-4. The molecule has 0 amide bonds. The number of halogens is 5. The average Bonchev–Trinajstić information content (AvgIpc) is 3.46. The summed E-state index contributed by atoms with van der Waals surface area (Å²) in [5.74, 6) is 0. The number of hydrogen-bond donors (Lipinski definition) is 0. The Morgan fingerprint density at radius 2 is 1.18 bits per heavy atom. The van der Waals surface area contributed by atoms with Gasteiger partial charge in [-0.2, -0.15) is 55.0 Å². The van der Waals surface area contributed by atoms with Crippen molar-refractivity contribution in [2.45, 2.75) is 32.7 Å². The fraction of sp³-hybridized carbons (Fsp3) is 0.167. The van der Waals surface area contributed by atoms with Crippen molar-refractivity contribution in [2.24, 2.45) is 0 Å². The third-order valence-corrected chi connectivity index (χ3v) is 7.46. The van der Waals surface area contributed by atoms with Gasteiger partial charge in [-0.15, -0.1) is 139 Å². The molecule has 0 aliphatic rings. The van der Waals surface area contributed by atoms with Crippen LogP contribution in [0.1, 0.15) is 24.0 Å². The molecule has 38 heavy (non-hydrogen) atoms. The first-order chi connectivity index (χ1) is 17.3. The SMILES string of the molecule is Cc1cc2ccccc2[cH-]1.Cc1cc2ccccc2[cH-]1.Cl.Cl.[CH2-]CCC[Si](Cl)(Cl)Cl.[Si]=[Zr].[c-]1ccccc1. The molecule has 0 saturated carbocycles. The Bertz CT molecular complexity index is 1070. The minimum atomic E-state index is -2.30. The van der Waals surface area contributed by atoms with Crippen LogP contribution >= 0.6 is 58.1 Å². The van der Waals surface area contributed by atoms with Gasteiger partial charge in [-0.3, -0.25) is 0 Å². The Morgan fingerprint density at radius 1 is 0.763 bits per heavy atom. The van der Waals surface area contributed by atoms with Crippen LogP contribution in [0.4, 0.5) is 0 Å². The Morgan fingerprint density at radius 3 is 1.45 bits per heavy atom. The second-order valence-corrected chi connectivity index (χ2v) is 17.3. The first-order valence-corrected chi connectivity index (χ1v) is 21.0. The number of rotatable bonds is 3. The molecule has 5 aromatic carbocycles. The molecule has 0 spiro atoms. The van der Waals surface area contributed by atoms with Gasteiger partial charge in [-0.25, -0.2) is 0 Å². The molecule has 0 saturated heterocycles. The molecule has 0 bridgehead atoms. The van der Waals surface area contributed by atoms with E-state index in [9.17, 15) is 0 Å². The van der Waals surface area contributed by atoms with Crippen molar-refractivity contribution in [1.29, 1.82) is 0 Å². The maximum absolute atomic E-state index is 5.55. The number of fused-ring (bicyclic) bond motifs is 2. The molecule has 204 valence electrons. The van der Waals surface area contributed by atoms with Crippen LogP contribution in [0.25, 0.3) is 21.5 Å². The van der Waals surface area contributed by atoms with Crippen molar-refractivity contribution >= 4 is 92.5 Å². The van der Waals surface area contributed by atoms with Crippen molar-refractivity contribution in [2.75, 3.05) is 0 Å². The number of benzene rings is 3. The van der Waals surface area contributed by atoms with Crippen molar-refractivity contribution in [1.82, 2.24) is 0 Å². The summed E-state index contributed by atoms with van der Waals surface area (Å²) in [6.45, 7) is 10.9. The van der Waals surface area contributed by atoms with E-state index in [0.717, 1.165) is 18.9 Å². The Hall–Kier alpha value is -0.353. The predicted molar refractivity (Wildman–Crippen MR) is 177 cm³/mol. The molecule has 0 N–H and O–H groups in total. The number of aryl methyl sites for hydroxylation is 2. The fourth-order valence-electron chi connectivity index (χ4n) is 3.28. The Labute approximate surface area is 273 Å². The molecule has 0 aliphatic carbocycles.